The van der Waals surface area contributed by atoms with E-state index in [1.807, 2.05) is 0 Å². The van der Waals surface area contributed by atoms with E-state index in [0.717, 1.165) is 5.56 Å². The summed E-state index contributed by atoms with van der Waals surface area (Å²) in [5.74, 6) is -1.01. The molecule has 0 atom stereocenters. The molecule has 0 saturated carbocycles. The van der Waals surface area contributed by atoms with Crippen LogP contribution in [0.3, 0.4) is 0 Å². The molecule has 1 aliphatic heterocycles. The Balaban J connectivity index is 1.91. The van der Waals surface area contributed by atoms with Crippen molar-refractivity contribution in [2.75, 3.05) is 10.6 Å². The second kappa shape index (κ2) is 4.94. The van der Waals surface area contributed by atoms with Crippen molar-refractivity contribution in [2.45, 2.75) is 19.3 Å². The van der Waals surface area contributed by atoms with Gasteiger partial charge in [0.25, 0.3) is 5.91 Å². The van der Waals surface area contributed by atoms with Crippen molar-refractivity contribution in [1.29, 1.82) is 0 Å². The van der Waals surface area contributed by atoms with E-state index in [1.165, 1.54) is 12.1 Å². The molecular weight excluding hydrogens is 283 g/mol. The molecule has 2 N–H and O–H groups in total. The number of fused-ring (bicyclic) bond motifs is 1. The molecule has 22 heavy (non-hydrogen) atoms. The topological polar surface area (TPSA) is 58.2 Å². The van der Waals surface area contributed by atoms with Crippen LogP contribution in [0.15, 0.2) is 42.5 Å². The van der Waals surface area contributed by atoms with Crippen LogP contribution in [0.25, 0.3) is 0 Å². The number of carbonyl (C=O) groups excluding carboxylic acids is 2. The van der Waals surface area contributed by atoms with E-state index in [-0.39, 0.29) is 11.6 Å². The van der Waals surface area contributed by atoms with Crippen molar-refractivity contribution in [3.8, 4) is 0 Å². The molecule has 0 bridgehead atoms. The molecule has 5 heteroatoms. The zero-order chi connectivity index (χ0) is 15.9. The Labute approximate surface area is 127 Å². The molecule has 0 unspecified atom stereocenters. The number of halogens is 1. The van der Waals surface area contributed by atoms with E-state index < -0.39 is 17.1 Å². The monoisotopic (exact) mass is 298 g/mol. The van der Waals surface area contributed by atoms with Crippen LogP contribution in [0.1, 0.15) is 29.8 Å². The molecule has 2 aromatic rings. The van der Waals surface area contributed by atoms with E-state index in [4.69, 9.17) is 0 Å². The smallest absolute Gasteiger partial charge is 0.255 e. The lowest BCUT2D eigenvalue weighted by atomic mass is 9.85. The summed E-state index contributed by atoms with van der Waals surface area (Å²) in [6.07, 6.45) is 0. The van der Waals surface area contributed by atoms with E-state index in [2.05, 4.69) is 10.6 Å². The number of hydrogen-bond acceptors (Lipinski definition) is 2. The fourth-order valence-electron chi connectivity index (χ4n) is 2.47. The maximum atomic E-state index is 13.6. The first kappa shape index (κ1) is 14.3. The third-order valence-corrected chi connectivity index (χ3v) is 3.89. The Bertz CT molecular complexity index is 784. The first-order valence-corrected chi connectivity index (χ1v) is 6.91. The second-order valence-electron chi connectivity index (χ2n) is 5.77. The largest absolute Gasteiger partial charge is 0.325 e. The van der Waals surface area contributed by atoms with Crippen molar-refractivity contribution in [2.24, 2.45) is 0 Å². The van der Waals surface area contributed by atoms with Crippen LogP contribution in [0.5, 0.6) is 0 Å². The number of hydrogen-bond donors (Lipinski definition) is 2. The Morgan fingerprint density at radius 2 is 1.91 bits per heavy atom. The lowest BCUT2D eigenvalue weighted by Crippen LogP contribution is -2.27. The van der Waals surface area contributed by atoms with Crippen LogP contribution in [-0.2, 0) is 10.2 Å². The quantitative estimate of drug-likeness (QED) is 0.893. The van der Waals surface area contributed by atoms with Gasteiger partial charge in [0.1, 0.15) is 5.82 Å². The molecule has 1 heterocycles. The predicted octanol–water partition coefficient (Wildman–Crippen LogP) is 3.31. The molecule has 0 aromatic heterocycles. The summed E-state index contributed by atoms with van der Waals surface area (Å²) in [5.41, 5.74) is 1.29. The van der Waals surface area contributed by atoms with Gasteiger partial charge in [-0.05, 0) is 49.7 Å². The molecule has 1 aliphatic rings. The number of anilines is 2. The van der Waals surface area contributed by atoms with Gasteiger partial charge >= 0.3 is 0 Å². The van der Waals surface area contributed by atoms with E-state index >= 15 is 0 Å². The standard InChI is InChI=1S/C17H15FN2O2/c1-17(2)11-9-10(7-8-13(11)20-16(17)22)15(21)19-14-6-4-3-5-12(14)18/h3-9H,1-2H3,(H,19,21)(H,20,22). The Kier molecular flexibility index (Phi) is 3.20. The van der Waals surface area contributed by atoms with Crippen LogP contribution in [0.4, 0.5) is 15.8 Å². The lowest BCUT2D eigenvalue weighted by molar-refractivity contribution is -0.119. The van der Waals surface area contributed by atoms with Gasteiger partial charge in [0.05, 0.1) is 11.1 Å². The lowest BCUT2D eigenvalue weighted by Gasteiger charge is -2.15. The number of nitrogens with one attached hydrogen (secondary N) is 2. The van der Waals surface area contributed by atoms with Gasteiger partial charge in [-0.1, -0.05) is 12.1 Å². The highest BCUT2D eigenvalue weighted by molar-refractivity contribution is 6.09. The fraction of sp³-hybridized carbons (Fsp3) is 0.176. The predicted molar refractivity (Wildman–Crippen MR) is 82.5 cm³/mol. The minimum atomic E-state index is -0.691. The van der Waals surface area contributed by atoms with Gasteiger partial charge in [-0.15, -0.1) is 0 Å². The Morgan fingerprint density at radius 1 is 1.18 bits per heavy atom. The normalized spacial score (nSPS) is 15.1. The highest BCUT2D eigenvalue weighted by atomic mass is 19.1. The summed E-state index contributed by atoms with van der Waals surface area (Å²) in [6, 6.07) is 10.9. The second-order valence-corrected chi connectivity index (χ2v) is 5.77. The van der Waals surface area contributed by atoms with Crippen molar-refractivity contribution < 1.29 is 14.0 Å². The first-order valence-electron chi connectivity index (χ1n) is 6.91. The maximum absolute atomic E-state index is 13.6. The Morgan fingerprint density at radius 3 is 2.64 bits per heavy atom. The zero-order valence-electron chi connectivity index (χ0n) is 12.2. The number of para-hydroxylation sites is 1. The molecule has 0 saturated heterocycles. The van der Waals surface area contributed by atoms with Gasteiger partial charge in [-0.2, -0.15) is 0 Å². The molecule has 2 amide bonds. The highest BCUT2D eigenvalue weighted by Crippen LogP contribution is 2.37. The average Bonchev–Trinajstić information content (AvgIpc) is 2.71. The minimum Gasteiger partial charge on any atom is -0.325 e. The van der Waals surface area contributed by atoms with Gasteiger partial charge in [0.15, 0.2) is 0 Å². The molecule has 4 nitrogen and oxygen atoms in total. The fourth-order valence-corrected chi connectivity index (χ4v) is 2.47. The van der Waals surface area contributed by atoms with Crippen molar-refractivity contribution in [1.82, 2.24) is 0 Å². The number of carbonyl (C=O) groups is 2. The molecule has 2 aromatic carbocycles. The highest BCUT2D eigenvalue weighted by Gasteiger charge is 2.38. The number of rotatable bonds is 2. The minimum absolute atomic E-state index is 0.103. The Hall–Kier alpha value is -2.69. The summed E-state index contributed by atoms with van der Waals surface area (Å²) in [6.45, 7) is 3.60. The van der Waals surface area contributed by atoms with E-state index in [0.29, 0.717) is 11.3 Å². The number of benzene rings is 2. The maximum Gasteiger partial charge on any atom is 0.255 e. The third kappa shape index (κ3) is 2.24. The van der Waals surface area contributed by atoms with Gasteiger partial charge < -0.3 is 10.6 Å². The van der Waals surface area contributed by atoms with Crippen LogP contribution >= 0.6 is 0 Å². The molecular formula is C17H15FN2O2. The summed E-state index contributed by atoms with van der Waals surface area (Å²) >= 11 is 0. The summed E-state index contributed by atoms with van der Waals surface area (Å²) in [5, 5.41) is 5.32. The van der Waals surface area contributed by atoms with Crippen LogP contribution in [0.2, 0.25) is 0 Å². The molecule has 0 spiro atoms. The zero-order valence-corrected chi connectivity index (χ0v) is 12.2. The molecule has 112 valence electrons. The number of amides is 2. The summed E-state index contributed by atoms with van der Waals surface area (Å²) in [4.78, 5) is 24.2. The van der Waals surface area contributed by atoms with Crippen LogP contribution in [-0.4, -0.2) is 11.8 Å². The van der Waals surface area contributed by atoms with Gasteiger partial charge in [-0.3, -0.25) is 9.59 Å². The summed E-state index contributed by atoms with van der Waals surface area (Å²) < 4.78 is 13.6. The molecule has 0 aliphatic carbocycles. The SMILES string of the molecule is CC1(C)C(=O)Nc2ccc(C(=O)Nc3ccccc3F)cc21. The average molecular weight is 298 g/mol. The van der Waals surface area contributed by atoms with E-state index in [9.17, 15) is 14.0 Å². The van der Waals surface area contributed by atoms with Gasteiger partial charge in [-0.25, -0.2) is 4.39 Å². The van der Waals surface area contributed by atoms with Gasteiger partial charge in [0, 0.05) is 11.3 Å². The van der Waals surface area contributed by atoms with Crippen LogP contribution < -0.4 is 10.6 Å². The van der Waals surface area contributed by atoms with Crippen molar-refractivity contribution >= 4 is 23.2 Å². The first-order chi connectivity index (χ1) is 10.4. The third-order valence-electron chi connectivity index (χ3n) is 3.89. The van der Waals surface area contributed by atoms with E-state index in [1.54, 1.807) is 44.2 Å². The summed E-state index contributed by atoms with van der Waals surface area (Å²) in [7, 11) is 0. The van der Waals surface area contributed by atoms with Gasteiger partial charge in [0.2, 0.25) is 5.91 Å². The van der Waals surface area contributed by atoms with Crippen LogP contribution in [0, 0.1) is 5.82 Å². The molecule has 0 fully saturated rings. The van der Waals surface area contributed by atoms with Crippen molar-refractivity contribution in [3.05, 3.63) is 59.4 Å². The molecule has 0 radical (unpaired) electrons. The van der Waals surface area contributed by atoms with Crippen molar-refractivity contribution in [3.63, 3.8) is 0 Å². The molecule has 3 rings (SSSR count).